The van der Waals surface area contributed by atoms with Gasteiger partial charge in [-0.3, -0.25) is 0 Å². The number of nitrogens with zero attached hydrogens (tertiary/aromatic N) is 3. The second kappa shape index (κ2) is 11.4. The van der Waals surface area contributed by atoms with Crippen molar-refractivity contribution in [1.29, 1.82) is 0 Å². The summed E-state index contributed by atoms with van der Waals surface area (Å²) in [4.78, 5) is 12.5. The van der Waals surface area contributed by atoms with Crippen molar-refractivity contribution in [2.75, 3.05) is 40.3 Å². The summed E-state index contributed by atoms with van der Waals surface area (Å²) < 4.78 is 5.83. The molecule has 0 aliphatic carbocycles. The molecule has 0 radical (unpaired) electrons. The summed E-state index contributed by atoms with van der Waals surface area (Å²) in [6.07, 6.45) is 1.19. The molecule has 1 aromatic rings. The topological polar surface area (TPSA) is 61.8 Å². The Morgan fingerprint density at radius 3 is 2.58 bits per heavy atom. The van der Waals surface area contributed by atoms with E-state index in [1.807, 2.05) is 20.8 Å². The number of rotatable bonds is 10. The molecule has 0 amide bonds. The van der Waals surface area contributed by atoms with Crippen molar-refractivity contribution in [3.63, 3.8) is 0 Å². The van der Waals surface area contributed by atoms with Gasteiger partial charge in [-0.15, -0.1) is 11.3 Å². The van der Waals surface area contributed by atoms with Gasteiger partial charge in [-0.25, -0.2) is 9.98 Å². The molecule has 1 heterocycles. The van der Waals surface area contributed by atoms with Gasteiger partial charge in [0.25, 0.3) is 0 Å². The maximum Gasteiger partial charge on any atom is 0.191 e. The average Bonchev–Trinajstić information content (AvgIpc) is 2.84. The Hall–Kier alpha value is -1.18. The molecule has 24 heavy (non-hydrogen) atoms. The fourth-order valence-corrected chi connectivity index (χ4v) is 3.17. The number of thiazole rings is 1. The normalized spacial score (nSPS) is 13.4. The molecule has 0 aliphatic rings. The summed E-state index contributed by atoms with van der Waals surface area (Å²) in [6, 6.07) is 0. The Balaban J connectivity index is 2.59. The van der Waals surface area contributed by atoms with Gasteiger partial charge >= 0.3 is 0 Å². The monoisotopic (exact) mass is 355 g/mol. The highest BCUT2D eigenvalue weighted by Gasteiger charge is 2.10. The predicted octanol–water partition coefficient (Wildman–Crippen LogP) is 2.17. The quantitative estimate of drug-likeness (QED) is 0.497. The zero-order chi connectivity index (χ0) is 17.9. The number of ether oxygens (including phenoxy) is 1. The lowest BCUT2D eigenvalue weighted by Crippen LogP contribution is -2.42. The summed E-state index contributed by atoms with van der Waals surface area (Å²) in [6.45, 7) is 12.2. The molecule has 0 fully saturated rings. The minimum atomic E-state index is 0.189. The van der Waals surface area contributed by atoms with Crippen LogP contribution in [-0.4, -0.2) is 62.3 Å². The summed E-state index contributed by atoms with van der Waals surface area (Å²) in [5.41, 5.74) is 1.08. The van der Waals surface area contributed by atoms with Crippen molar-refractivity contribution in [3.05, 3.63) is 15.6 Å². The van der Waals surface area contributed by atoms with Crippen LogP contribution in [0, 0.1) is 13.8 Å². The van der Waals surface area contributed by atoms with Gasteiger partial charge in [0.2, 0.25) is 0 Å². The predicted molar refractivity (Wildman–Crippen MR) is 103 cm³/mol. The van der Waals surface area contributed by atoms with Crippen LogP contribution in [0.25, 0.3) is 0 Å². The number of hydrogen-bond acceptors (Lipinski definition) is 5. The first-order valence-electron chi connectivity index (χ1n) is 8.67. The van der Waals surface area contributed by atoms with E-state index < -0.39 is 0 Å². The molecule has 0 bridgehead atoms. The Kier molecular flexibility index (Phi) is 9.90. The molecule has 0 saturated heterocycles. The Morgan fingerprint density at radius 2 is 2.04 bits per heavy atom. The minimum Gasteiger partial charge on any atom is -0.377 e. The largest absolute Gasteiger partial charge is 0.377 e. The lowest BCUT2D eigenvalue weighted by Gasteiger charge is -2.21. The third-order valence-corrected chi connectivity index (χ3v) is 4.58. The van der Waals surface area contributed by atoms with Crippen LogP contribution in [0.3, 0.4) is 0 Å². The van der Waals surface area contributed by atoms with E-state index in [0.717, 1.165) is 49.3 Å². The zero-order valence-electron chi connectivity index (χ0n) is 16.0. The zero-order valence-corrected chi connectivity index (χ0v) is 16.8. The highest BCUT2D eigenvalue weighted by molar-refractivity contribution is 7.11. The number of nitrogens with one attached hydrogen (secondary N) is 2. The molecule has 138 valence electrons. The van der Waals surface area contributed by atoms with Gasteiger partial charge in [0.15, 0.2) is 5.96 Å². The highest BCUT2D eigenvalue weighted by Crippen LogP contribution is 2.17. The van der Waals surface area contributed by atoms with Crippen LogP contribution in [-0.2, 0) is 11.3 Å². The van der Waals surface area contributed by atoms with E-state index in [1.165, 1.54) is 4.88 Å². The maximum absolute atomic E-state index is 5.83. The summed E-state index contributed by atoms with van der Waals surface area (Å²) in [5.74, 6) is 0.831. The molecule has 0 spiro atoms. The Morgan fingerprint density at radius 1 is 1.29 bits per heavy atom. The first-order valence-corrected chi connectivity index (χ1v) is 9.49. The van der Waals surface area contributed by atoms with E-state index in [-0.39, 0.29) is 6.10 Å². The van der Waals surface area contributed by atoms with Crippen molar-refractivity contribution in [2.45, 2.75) is 46.8 Å². The molecular weight excluding hydrogens is 322 g/mol. The second-order valence-corrected chi connectivity index (χ2v) is 7.27. The van der Waals surface area contributed by atoms with Crippen molar-refractivity contribution in [3.8, 4) is 0 Å². The first-order chi connectivity index (χ1) is 11.5. The summed E-state index contributed by atoms with van der Waals surface area (Å²) in [7, 11) is 4.17. The lowest BCUT2D eigenvalue weighted by atomic mass is 10.2. The third-order valence-electron chi connectivity index (χ3n) is 3.52. The van der Waals surface area contributed by atoms with Crippen LogP contribution in [0.5, 0.6) is 0 Å². The second-order valence-electron chi connectivity index (χ2n) is 5.99. The van der Waals surface area contributed by atoms with E-state index in [2.05, 4.69) is 46.5 Å². The van der Waals surface area contributed by atoms with Gasteiger partial charge in [-0.05, 0) is 48.2 Å². The Labute approximate surface area is 150 Å². The molecule has 7 heteroatoms. The van der Waals surface area contributed by atoms with Gasteiger partial charge in [0, 0.05) is 31.1 Å². The molecule has 1 rings (SSSR count). The van der Waals surface area contributed by atoms with E-state index >= 15 is 0 Å². The van der Waals surface area contributed by atoms with E-state index in [9.17, 15) is 0 Å². The van der Waals surface area contributed by atoms with Gasteiger partial charge in [0.1, 0.15) is 0 Å². The van der Waals surface area contributed by atoms with Gasteiger partial charge in [-0.1, -0.05) is 0 Å². The van der Waals surface area contributed by atoms with E-state index in [4.69, 9.17) is 4.74 Å². The SMILES string of the molecule is CCNC(=NCc1sc(C)nc1C)NCC(CCN(C)C)OCC. The van der Waals surface area contributed by atoms with Gasteiger partial charge in [-0.2, -0.15) is 0 Å². The molecule has 0 aromatic carbocycles. The fourth-order valence-electron chi connectivity index (χ4n) is 2.31. The highest BCUT2D eigenvalue weighted by atomic mass is 32.1. The molecule has 0 saturated carbocycles. The molecule has 6 nitrogen and oxygen atoms in total. The molecule has 1 unspecified atom stereocenters. The number of guanidine groups is 1. The third kappa shape index (κ3) is 8.08. The van der Waals surface area contributed by atoms with Crippen molar-refractivity contribution in [1.82, 2.24) is 20.5 Å². The minimum absolute atomic E-state index is 0.189. The van der Waals surface area contributed by atoms with Crippen LogP contribution in [0.2, 0.25) is 0 Å². The first kappa shape index (κ1) is 20.9. The standard InChI is InChI=1S/C17H33N5OS/c1-7-18-17(20-12-16-13(3)21-14(4)24-16)19-11-15(23-8-2)9-10-22(5)6/h15H,7-12H2,1-6H3,(H2,18,19,20). The number of aryl methyl sites for hydroxylation is 2. The molecule has 2 N–H and O–H groups in total. The number of aliphatic imine (C=N–C) groups is 1. The average molecular weight is 356 g/mol. The van der Waals surface area contributed by atoms with Gasteiger partial charge < -0.3 is 20.3 Å². The van der Waals surface area contributed by atoms with Crippen LogP contribution in [0.4, 0.5) is 0 Å². The number of aromatic nitrogens is 1. The van der Waals surface area contributed by atoms with E-state index in [1.54, 1.807) is 11.3 Å². The summed E-state index contributed by atoms with van der Waals surface area (Å²) in [5, 5.41) is 7.80. The smallest absolute Gasteiger partial charge is 0.191 e. The molecule has 1 atom stereocenters. The van der Waals surface area contributed by atoms with Crippen LogP contribution >= 0.6 is 11.3 Å². The van der Waals surface area contributed by atoms with Crippen LogP contribution < -0.4 is 10.6 Å². The molecular formula is C17H33N5OS. The van der Waals surface area contributed by atoms with Crippen molar-refractivity contribution < 1.29 is 4.74 Å². The van der Waals surface area contributed by atoms with Crippen LogP contribution in [0.1, 0.15) is 35.8 Å². The fraction of sp³-hybridized carbons (Fsp3) is 0.765. The lowest BCUT2D eigenvalue weighted by molar-refractivity contribution is 0.0548. The molecule has 0 aliphatic heterocycles. The van der Waals surface area contributed by atoms with Gasteiger partial charge in [0.05, 0.1) is 23.4 Å². The van der Waals surface area contributed by atoms with E-state index in [0.29, 0.717) is 6.54 Å². The van der Waals surface area contributed by atoms with Crippen LogP contribution in [0.15, 0.2) is 4.99 Å². The van der Waals surface area contributed by atoms with Crippen molar-refractivity contribution >= 4 is 17.3 Å². The number of hydrogen-bond donors (Lipinski definition) is 2. The van der Waals surface area contributed by atoms with Crippen molar-refractivity contribution in [2.24, 2.45) is 4.99 Å². The molecule has 1 aromatic heterocycles. The Bertz CT molecular complexity index is 501. The summed E-state index contributed by atoms with van der Waals surface area (Å²) >= 11 is 1.71. The maximum atomic E-state index is 5.83.